The molecule has 1 aliphatic heterocycles. The average Bonchev–Trinajstić information content (AvgIpc) is 2.95. The maximum Gasteiger partial charge on any atom is 0.329 e. The summed E-state index contributed by atoms with van der Waals surface area (Å²) in [6.45, 7) is 0. The van der Waals surface area contributed by atoms with E-state index < -0.39 is 12.0 Å². The number of benzene rings is 1. The molecule has 18 heavy (non-hydrogen) atoms. The molecule has 0 fully saturated rings. The second kappa shape index (κ2) is 4.17. The number of fused-ring (bicyclic) bond motifs is 1. The Bertz CT molecular complexity index is 660. The summed E-state index contributed by atoms with van der Waals surface area (Å²) in [5.41, 5.74) is 2.12. The van der Waals surface area contributed by atoms with Crippen LogP contribution in [0.3, 0.4) is 0 Å². The number of aryl methyl sites for hydroxylation is 1. The maximum absolute atomic E-state index is 10.9. The monoisotopic (exact) mass is 260 g/mol. The van der Waals surface area contributed by atoms with Crippen molar-refractivity contribution in [3.63, 3.8) is 0 Å². The molecule has 3 rings (SSSR count). The highest BCUT2D eigenvalue weighted by molar-refractivity contribution is 8.14. The molecule has 2 heterocycles. The number of rotatable bonds is 2. The van der Waals surface area contributed by atoms with Gasteiger partial charge in [-0.05, 0) is 12.1 Å². The smallest absolute Gasteiger partial charge is 0.329 e. The summed E-state index contributed by atoms with van der Waals surface area (Å²) < 4.78 is 2.06. The number of carbonyl (C=O) groups is 1. The van der Waals surface area contributed by atoms with Gasteiger partial charge < -0.3 is 9.67 Å². The lowest BCUT2D eigenvalue weighted by molar-refractivity contribution is -0.137. The molecule has 1 aromatic heterocycles. The molecule has 0 saturated heterocycles. The van der Waals surface area contributed by atoms with E-state index in [4.69, 9.17) is 5.11 Å². The minimum Gasteiger partial charge on any atom is -0.480 e. The van der Waals surface area contributed by atoms with E-state index in [1.807, 2.05) is 31.3 Å². The molecule has 0 aliphatic carbocycles. The average molecular weight is 260 g/mol. The van der Waals surface area contributed by atoms with Gasteiger partial charge in [0.1, 0.15) is 5.04 Å². The van der Waals surface area contributed by atoms with Gasteiger partial charge in [-0.25, -0.2) is 4.79 Å². The molecule has 0 radical (unpaired) electrons. The predicted octanol–water partition coefficient (Wildman–Crippen LogP) is 2.12. The van der Waals surface area contributed by atoms with E-state index in [9.17, 15) is 4.79 Å². The third-order valence-corrected chi connectivity index (χ3v) is 4.18. The highest BCUT2D eigenvalue weighted by Crippen LogP contribution is 2.27. The van der Waals surface area contributed by atoms with Crippen molar-refractivity contribution in [3.8, 4) is 0 Å². The van der Waals surface area contributed by atoms with Crippen LogP contribution in [-0.4, -0.2) is 32.5 Å². The second-order valence-corrected chi connectivity index (χ2v) is 5.26. The lowest BCUT2D eigenvalue weighted by atomic mass is 10.2. The largest absolute Gasteiger partial charge is 0.480 e. The normalized spacial score (nSPS) is 19.2. The van der Waals surface area contributed by atoms with Crippen molar-refractivity contribution >= 4 is 33.7 Å². The Hall–Kier alpha value is -1.75. The molecule has 1 aliphatic rings. The number of hydrogen-bond acceptors (Lipinski definition) is 3. The molecule has 4 nitrogen and oxygen atoms in total. The maximum atomic E-state index is 10.9. The van der Waals surface area contributed by atoms with Crippen LogP contribution in [0.5, 0.6) is 0 Å². The number of para-hydroxylation sites is 1. The molecule has 1 N–H and O–H groups in total. The molecule has 0 bridgehead atoms. The molecule has 0 spiro atoms. The number of hydrogen-bond donors (Lipinski definition) is 1. The van der Waals surface area contributed by atoms with Crippen LogP contribution in [0.1, 0.15) is 5.69 Å². The molecule has 1 atom stereocenters. The number of aromatic nitrogens is 1. The number of thioether (sulfide) groups is 1. The zero-order valence-electron chi connectivity index (χ0n) is 9.83. The van der Waals surface area contributed by atoms with Crippen LogP contribution in [0.15, 0.2) is 35.3 Å². The van der Waals surface area contributed by atoms with Crippen molar-refractivity contribution in [1.82, 2.24) is 4.57 Å². The fourth-order valence-electron chi connectivity index (χ4n) is 2.13. The minimum atomic E-state index is -0.851. The topological polar surface area (TPSA) is 54.6 Å². The predicted molar refractivity (Wildman–Crippen MR) is 73.3 cm³/mol. The van der Waals surface area contributed by atoms with Crippen molar-refractivity contribution in [2.24, 2.45) is 12.0 Å². The fraction of sp³-hybridized carbons (Fsp3) is 0.231. The molecular formula is C13H12N2O2S. The molecule has 0 amide bonds. The molecule has 1 aromatic carbocycles. The first-order valence-corrected chi connectivity index (χ1v) is 6.63. The van der Waals surface area contributed by atoms with Gasteiger partial charge in [0.15, 0.2) is 6.04 Å². The lowest BCUT2D eigenvalue weighted by Gasteiger charge is -2.02. The molecule has 2 aromatic rings. The number of aliphatic imine (C=N–C) groups is 1. The summed E-state index contributed by atoms with van der Waals surface area (Å²) in [7, 11) is 1.98. The van der Waals surface area contributed by atoms with E-state index in [0.717, 1.165) is 21.6 Å². The number of carboxylic acids is 1. The Labute approximate surface area is 108 Å². The standard InChI is InChI=1S/C13H12N2O2S/c1-15-10-5-3-2-4-8(10)6-11(15)12-14-9(7-18-12)13(16)17/h2-6,9H,7H2,1H3,(H,16,17). The van der Waals surface area contributed by atoms with E-state index in [1.54, 1.807) is 0 Å². The minimum absolute atomic E-state index is 0.520. The van der Waals surface area contributed by atoms with Gasteiger partial charge >= 0.3 is 5.97 Å². The lowest BCUT2D eigenvalue weighted by Crippen LogP contribution is -2.17. The van der Waals surface area contributed by atoms with Crippen LogP contribution >= 0.6 is 11.8 Å². The Morgan fingerprint density at radius 3 is 2.94 bits per heavy atom. The van der Waals surface area contributed by atoms with Gasteiger partial charge in [-0.1, -0.05) is 18.2 Å². The van der Waals surface area contributed by atoms with Crippen molar-refractivity contribution in [1.29, 1.82) is 0 Å². The quantitative estimate of drug-likeness (QED) is 0.900. The zero-order valence-corrected chi connectivity index (χ0v) is 10.6. The first-order chi connectivity index (χ1) is 8.66. The number of aliphatic carboxylic acids is 1. The van der Waals surface area contributed by atoms with E-state index in [2.05, 4.69) is 15.6 Å². The first kappa shape index (κ1) is 11.3. The third kappa shape index (κ3) is 1.71. The van der Waals surface area contributed by atoms with Crippen molar-refractivity contribution in [2.45, 2.75) is 6.04 Å². The van der Waals surface area contributed by atoms with Gasteiger partial charge in [-0.15, -0.1) is 11.8 Å². The fourth-order valence-corrected chi connectivity index (χ4v) is 3.21. The SMILES string of the molecule is Cn1c(C2=NC(C(=O)O)CS2)cc2ccccc21. The van der Waals surface area contributed by atoms with Crippen molar-refractivity contribution in [3.05, 3.63) is 36.0 Å². The summed E-state index contributed by atoms with van der Waals surface area (Å²) >= 11 is 1.51. The van der Waals surface area contributed by atoms with Crippen LogP contribution in [0.2, 0.25) is 0 Å². The Kier molecular flexibility index (Phi) is 2.63. The van der Waals surface area contributed by atoms with Crippen LogP contribution in [-0.2, 0) is 11.8 Å². The van der Waals surface area contributed by atoms with Gasteiger partial charge in [0, 0.05) is 23.7 Å². The van der Waals surface area contributed by atoms with Crippen molar-refractivity contribution < 1.29 is 9.90 Å². The van der Waals surface area contributed by atoms with E-state index in [1.165, 1.54) is 11.8 Å². The van der Waals surface area contributed by atoms with Crippen LogP contribution in [0.25, 0.3) is 10.9 Å². The Morgan fingerprint density at radius 2 is 2.28 bits per heavy atom. The zero-order chi connectivity index (χ0) is 12.7. The number of carboxylic acid groups (broad SMARTS) is 1. The second-order valence-electron chi connectivity index (χ2n) is 4.25. The van der Waals surface area contributed by atoms with Crippen LogP contribution in [0.4, 0.5) is 0 Å². The highest BCUT2D eigenvalue weighted by atomic mass is 32.2. The molecule has 5 heteroatoms. The van der Waals surface area contributed by atoms with Crippen LogP contribution in [0, 0.1) is 0 Å². The molecule has 92 valence electrons. The summed E-state index contributed by atoms with van der Waals surface area (Å²) in [4.78, 5) is 15.2. The Morgan fingerprint density at radius 1 is 1.50 bits per heavy atom. The summed E-state index contributed by atoms with van der Waals surface area (Å²) in [5, 5.41) is 10.9. The van der Waals surface area contributed by atoms with Crippen LogP contribution < -0.4 is 0 Å². The van der Waals surface area contributed by atoms with Gasteiger partial charge in [0.25, 0.3) is 0 Å². The Balaban J connectivity index is 2.08. The summed E-state index contributed by atoms with van der Waals surface area (Å²) in [5.74, 6) is -0.331. The van der Waals surface area contributed by atoms with Gasteiger partial charge in [0.2, 0.25) is 0 Å². The van der Waals surface area contributed by atoms with Gasteiger partial charge in [-0.2, -0.15) is 0 Å². The first-order valence-electron chi connectivity index (χ1n) is 5.65. The van der Waals surface area contributed by atoms with E-state index in [0.29, 0.717) is 5.75 Å². The number of nitrogens with zero attached hydrogens (tertiary/aromatic N) is 2. The van der Waals surface area contributed by atoms with E-state index in [-0.39, 0.29) is 0 Å². The third-order valence-electron chi connectivity index (χ3n) is 3.11. The highest BCUT2D eigenvalue weighted by Gasteiger charge is 2.26. The summed E-state index contributed by atoms with van der Waals surface area (Å²) in [6.07, 6.45) is 0. The molecule has 1 unspecified atom stereocenters. The molecule has 0 saturated carbocycles. The van der Waals surface area contributed by atoms with E-state index >= 15 is 0 Å². The van der Waals surface area contributed by atoms with Gasteiger partial charge in [0.05, 0.1) is 5.69 Å². The van der Waals surface area contributed by atoms with Gasteiger partial charge in [-0.3, -0.25) is 4.99 Å². The molecular weight excluding hydrogens is 248 g/mol. The summed E-state index contributed by atoms with van der Waals surface area (Å²) in [6, 6.07) is 9.54. The van der Waals surface area contributed by atoms with Crippen molar-refractivity contribution in [2.75, 3.05) is 5.75 Å².